The van der Waals surface area contributed by atoms with Crippen LogP contribution >= 0.6 is 11.8 Å². The van der Waals surface area contributed by atoms with Gasteiger partial charge in [-0.1, -0.05) is 30.0 Å². The quantitative estimate of drug-likeness (QED) is 0.410. The second-order valence-corrected chi connectivity index (χ2v) is 7.42. The number of aromatic nitrogens is 4. The van der Waals surface area contributed by atoms with Crippen LogP contribution in [0.3, 0.4) is 0 Å². The van der Waals surface area contributed by atoms with E-state index in [1.165, 1.54) is 30.1 Å². The third-order valence-electron chi connectivity index (χ3n) is 4.53. The first kappa shape index (κ1) is 17.9. The van der Waals surface area contributed by atoms with Crippen molar-refractivity contribution in [2.24, 2.45) is 0 Å². The Morgan fingerprint density at radius 2 is 2.10 bits per heavy atom. The van der Waals surface area contributed by atoms with Crippen LogP contribution in [0.5, 0.6) is 5.75 Å². The number of aromatic amines is 1. The van der Waals surface area contributed by atoms with Crippen molar-refractivity contribution in [3.8, 4) is 11.4 Å². The number of hydrogen-bond acceptors (Lipinski definition) is 6. The minimum absolute atomic E-state index is 0.133. The Hall–Kier alpha value is -3.17. The number of rotatable bonds is 4. The summed E-state index contributed by atoms with van der Waals surface area (Å²) < 4.78 is 26.3. The molecule has 9 heteroatoms. The summed E-state index contributed by atoms with van der Waals surface area (Å²) in [6, 6.07) is 12.3. The molecule has 2 aromatic heterocycles. The summed E-state index contributed by atoms with van der Waals surface area (Å²) in [5.41, 5.74) is 2.36. The molecular weight excluding hydrogens is 395 g/mol. The van der Waals surface area contributed by atoms with Crippen LogP contribution in [0.4, 0.5) is 4.39 Å². The maximum absolute atomic E-state index is 13.9. The topological polar surface area (TPSA) is 82.0 Å². The first-order valence-corrected chi connectivity index (χ1v) is 9.86. The minimum atomic E-state index is -0.354. The van der Waals surface area contributed by atoms with E-state index in [1.807, 2.05) is 30.3 Å². The molecule has 7 nitrogen and oxygen atoms in total. The molecule has 0 spiro atoms. The van der Waals surface area contributed by atoms with Crippen LogP contribution in [-0.2, 0) is 17.1 Å². The molecule has 0 radical (unpaired) electrons. The zero-order chi connectivity index (χ0) is 19.8. The lowest BCUT2D eigenvalue weighted by Gasteiger charge is -2.20. The van der Waals surface area contributed by atoms with Gasteiger partial charge in [0.25, 0.3) is 5.56 Å². The van der Waals surface area contributed by atoms with E-state index in [-0.39, 0.29) is 18.2 Å². The molecule has 29 heavy (non-hydrogen) atoms. The largest absolute Gasteiger partial charge is 0.467 e. The maximum Gasteiger partial charge on any atom is 0.262 e. The number of fused-ring (bicyclic) bond motifs is 2. The van der Waals surface area contributed by atoms with Gasteiger partial charge in [0.1, 0.15) is 17.0 Å². The number of H-pyrrole nitrogens is 1. The van der Waals surface area contributed by atoms with Gasteiger partial charge in [0, 0.05) is 16.9 Å². The molecule has 1 aliphatic heterocycles. The highest BCUT2D eigenvalue weighted by atomic mass is 32.2. The smallest absolute Gasteiger partial charge is 0.262 e. The van der Waals surface area contributed by atoms with Crippen LogP contribution in [0.25, 0.3) is 16.7 Å². The summed E-state index contributed by atoms with van der Waals surface area (Å²) in [4.78, 5) is 19.8. The zero-order valence-electron chi connectivity index (χ0n) is 15.1. The van der Waals surface area contributed by atoms with Crippen molar-refractivity contribution in [2.75, 3.05) is 6.79 Å². The van der Waals surface area contributed by atoms with Gasteiger partial charge >= 0.3 is 0 Å². The summed E-state index contributed by atoms with van der Waals surface area (Å²) >= 11 is 1.30. The summed E-state index contributed by atoms with van der Waals surface area (Å²) in [6.07, 6.45) is 1.50. The highest BCUT2D eigenvalue weighted by molar-refractivity contribution is 7.98. The second kappa shape index (κ2) is 7.34. The fourth-order valence-electron chi connectivity index (χ4n) is 3.23. The Labute approximate surface area is 168 Å². The summed E-state index contributed by atoms with van der Waals surface area (Å²) in [5.74, 6) is 0.656. The highest BCUT2D eigenvalue weighted by Crippen LogP contribution is 2.33. The van der Waals surface area contributed by atoms with Gasteiger partial charge in [-0.05, 0) is 24.3 Å². The van der Waals surface area contributed by atoms with Crippen molar-refractivity contribution >= 4 is 22.8 Å². The second-order valence-electron chi connectivity index (χ2n) is 6.45. The fourth-order valence-corrected chi connectivity index (χ4v) is 4.06. The third kappa shape index (κ3) is 3.39. The molecule has 4 aromatic rings. The van der Waals surface area contributed by atoms with E-state index in [2.05, 4.69) is 15.1 Å². The fraction of sp³-hybridized carbons (Fsp3) is 0.150. The molecule has 1 N–H and O–H groups in total. The van der Waals surface area contributed by atoms with Crippen LogP contribution in [0.1, 0.15) is 11.1 Å². The summed E-state index contributed by atoms with van der Waals surface area (Å²) in [7, 11) is 0. The summed E-state index contributed by atoms with van der Waals surface area (Å²) in [5, 5.41) is 5.12. The van der Waals surface area contributed by atoms with Crippen LogP contribution in [-0.4, -0.2) is 26.5 Å². The molecule has 0 fully saturated rings. The first-order chi connectivity index (χ1) is 14.2. The van der Waals surface area contributed by atoms with E-state index in [1.54, 1.807) is 4.68 Å². The first-order valence-electron chi connectivity index (χ1n) is 8.87. The standard InChI is InChI=1S/C20H15FN4O3S/c21-14-6-12-9-27-11-28-17(12)13(7-14)10-29-20-23-18-16(19(26)24-20)8-22-25(18)15-4-2-1-3-5-15/h1-8H,9-11H2,(H,23,24,26). The van der Waals surface area contributed by atoms with Crippen molar-refractivity contribution in [3.05, 3.63) is 76.0 Å². The van der Waals surface area contributed by atoms with E-state index >= 15 is 0 Å². The predicted molar refractivity (Wildman–Crippen MR) is 106 cm³/mol. The number of hydrogen-bond donors (Lipinski definition) is 1. The Morgan fingerprint density at radius 1 is 1.24 bits per heavy atom. The van der Waals surface area contributed by atoms with Gasteiger partial charge in [0.15, 0.2) is 17.6 Å². The molecule has 1 aliphatic rings. The third-order valence-corrected chi connectivity index (χ3v) is 5.46. The van der Waals surface area contributed by atoms with Crippen molar-refractivity contribution in [2.45, 2.75) is 17.5 Å². The summed E-state index contributed by atoms with van der Waals surface area (Å²) in [6.45, 7) is 0.440. The molecule has 0 amide bonds. The van der Waals surface area contributed by atoms with E-state index in [9.17, 15) is 9.18 Å². The van der Waals surface area contributed by atoms with E-state index in [0.717, 1.165) is 5.69 Å². The number of nitrogens with one attached hydrogen (secondary N) is 1. The number of halogens is 1. The van der Waals surface area contributed by atoms with Crippen molar-refractivity contribution < 1.29 is 13.9 Å². The molecule has 3 heterocycles. The van der Waals surface area contributed by atoms with Crippen molar-refractivity contribution in [1.82, 2.24) is 19.7 Å². The number of thioether (sulfide) groups is 1. The van der Waals surface area contributed by atoms with Gasteiger partial charge < -0.3 is 14.5 Å². The maximum atomic E-state index is 13.9. The van der Waals surface area contributed by atoms with Gasteiger partial charge in [-0.15, -0.1) is 0 Å². The molecule has 0 bridgehead atoms. The lowest BCUT2D eigenvalue weighted by Crippen LogP contribution is -2.13. The normalized spacial score (nSPS) is 13.3. The lowest BCUT2D eigenvalue weighted by atomic mass is 10.1. The number of nitrogens with zero attached hydrogens (tertiary/aromatic N) is 3. The predicted octanol–water partition coefficient (Wildman–Crippen LogP) is 3.41. The highest BCUT2D eigenvalue weighted by Gasteiger charge is 2.18. The molecule has 0 atom stereocenters. The van der Waals surface area contributed by atoms with Gasteiger partial charge in [0.2, 0.25) is 0 Å². The average molecular weight is 410 g/mol. The van der Waals surface area contributed by atoms with E-state index in [4.69, 9.17) is 9.47 Å². The number of ether oxygens (including phenoxy) is 2. The van der Waals surface area contributed by atoms with Gasteiger partial charge in [-0.3, -0.25) is 4.79 Å². The Kier molecular flexibility index (Phi) is 4.53. The molecular formula is C20H15FN4O3S. The van der Waals surface area contributed by atoms with Crippen LogP contribution in [0, 0.1) is 5.82 Å². The lowest BCUT2D eigenvalue weighted by molar-refractivity contribution is -0.0171. The van der Waals surface area contributed by atoms with E-state index < -0.39 is 0 Å². The zero-order valence-corrected chi connectivity index (χ0v) is 15.9. The molecule has 146 valence electrons. The average Bonchev–Trinajstić information content (AvgIpc) is 3.17. The number of benzene rings is 2. The van der Waals surface area contributed by atoms with Gasteiger partial charge in [-0.25, -0.2) is 14.1 Å². The minimum Gasteiger partial charge on any atom is -0.467 e. The Bertz CT molecular complexity index is 1260. The molecule has 0 saturated carbocycles. The molecule has 2 aromatic carbocycles. The van der Waals surface area contributed by atoms with Gasteiger partial charge in [-0.2, -0.15) is 5.10 Å². The monoisotopic (exact) mass is 410 g/mol. The van der Waals surface area contributed by atoms with Crippen LogP contribution in [0.2, 0.25) is 0 Å². The van der Waals surface area contributed by atoms with Crippen LogP contribution in [0.15, 0.2) is 58.6 Å². The SMILES string of the molecule is O=c1[nH]c(SCc2cc(F)cc3c2OCOC3)nc2c1cnn2-c1ccccc1. The van der Waals surface area contributed by atoms with Gasteiger partial charge in [0.05, 0.1) is 18.5 Å². The van der Waals surface area contributed by atoms with Crippen LogP contribution < -0.4 is 10.3 Å². The molecule has 0 aliphatic carbocycles. The number of para-hydroxylation sites is 1. The molecule has 0 unspecified atom stereocenters. The Morgan fingerprint density at radius 3 is 2.97 bits per heavy atom. The van der Waals surface area contributed by atoms with Crippen molar-refractivity contribution in [1.29, 1.82) is 0 Å². The molecule has 5 rings (SSSR count). The Balaban J connectivity index is 1.49. The molecule has 0 saturated heterocycles. The van der Waals surface area contributed by atoms with E-state index in [0.29, 0.717) is 45.4 Å². The van der Waals surface area contributed by atoms with Crippen molar-refractivity contribution in [3.63, 3.8) is 0 Å².